The Hall–Kier alpha value is -2.79. The van der Waals surface area contributed by atoms with Crippen LogP contribution in [0.4, 0.5) is 18.3 Å². The summed E-state index contributed by atoms with van der Waals surface area (Å²) < 4.78 is 79.2. The Kier molecular flexibility index (Phi) is 5.48. The Morgan fingerprint density at radius 1 is 1.09 bits per heavy atom. The van der Waals surface area contributed by atoms with Crippen LogP contribution in [-0.2, 0) is 16.2 Å². The molecule has 0 bridgehead atoms. The summed E-state index contributed by atoms with van der Waals surface area (Å²) in [6.45, 7) is 0.292. The van der Waals surface area contributed by atoms with Crippen molar-refractivity contribution in [2.45, 2.75) is 42.4 Å². The van der Waals surface area contributed by atoms with Crippen LogP contribution in [0.2, 0.25) is 0 Å². The standard InChI is InChI=1S/C22H19F3N2O4S2/c23-22(24,25)14-3-6-18(17(11-14)13-1-2-13)31-19-7-9-30-20-12-15(4-5-16(19)20)33(28,29)27-21-26-8-10-32-21/h3-6,8,10-13,19H,1-2,7,9H2,(H,26,27)/t19-/m1/s1. The summed E-state index contributed by atoms with van der Waals surface area (Å²) in [5.41, 5.74) is 0.521. The van der Waals surface area contributed by atoms with E-state index in [0.29, 0.717) is 35.7 Å². The van der Waals surface area contributed by atoms with Gasteiger partial charge in [0.15, 0.2) is 5.13 Å². The number of fused-ring (bicyclic) bond motifs is 1. The Labute approximate surface area is 192 Å². The molecule has 2 heterocycles. The molecule has 1 aliphatic carbocycles. The number of alkyl halides is 3. The maximum absolute atomic E-state index is 13.2. The summed E-state index contributed by atoms with van der Waals surface area (Å²) in [7, 11) is -3.85. The van der Waals surface area contributed by atoms with Gasteiger partial charge in [-0.15, -0.1) is 11.3 Å². The predicted molar refractivity (Wildman–Crippen MR) is 116 cm³/mol. The molecule has 6 nitrogen and oxygen atoms in total. The number of aromatic nitrogens is 1. The highest BCUT2D eigenvalue weighted by atomic mass is 32.2. The lowest BCUT2D eigenvalue weighted by molar-refractivity contribution is -0.137. The summed E-state index contributed by atoms with van der Waals surface area (Å²) in [5, 5.41) is 1.91. The van der Waals surface area contributed by atoms with Gasteiger partial charge in [0.2, 0.25) is 0 Å². The van der Waals surface area contributed by atoms with E-state index in [-0.39, 0.29) is 15.9 Å². The molecular weight excluding hydrogens is 477 g/mol. The molecule has 5 rings (SSSR count). The van der Waals surface area contributed by atoms with Crippen LogP contribution in [0.3, 0.4) is 0 Å². The highest BCUT2D eigenvalue weighted by Crippen LogP contribution is 2.48. The van der Waals surface area contributed by atoms with Gasteiger partial charge in [0, 0.05) is 29.6 Å². The minimum atomic E-state index is -4.41. The second-order valence-electron chi connectivity index (χ2n) is 7.91. The van der Waals surface area contributed by atoms with Crippen LogP contribution >= 0.6 is 11.3 Å². The number of sulfonamides is 1. The van der Waals surface area contributed by atoms with E-state index in [2.05, 4.69) is 9.71 Å². The average Bonchev–Trinajstić information content (AvgIpc) is 3.50. The van der Waals surface area contributed by atoms with Gasteiger partial charge < -0.3 is 9.47 Å². The lowest BCUT2D eigenvalue weighted by Crippen LogP contribution is -2.20. The Balaban J connectivity index is 1.42. The van der Waals surface area contributed by atoms with Crippen molar-refractivity contribution in [3.8, 4) is 11.5 Å². The van der Waals surface area contributed by atoms with Crippen LogP contribution < -0.4 is 14.2 Å². The largest absolute Gasteiger partial charge is 0.493 e. The molecule has 0 unspecified atom stereocenters. The van der Waals surface area contributed by atoms with Crippen LogP contribution in [0.25, 0.3) is 0 Å². The van der Waals surface area contributed by atoms with Crippen molar-refractivity contribution in [1.82, 2.24) is 4.98 Å². The number of nitrogens with one attached hydrogen (secondary N) is 1. The zero-order chi connectivity index (χ0) is 23.2. The van der Waals surface area contributed by atoms with Gasteiger partial charge in [-0.3, -0.25) is 4.72 Å². The number of halogens is 3. The van der Waals surface area contributed by atoms with Gasteiger partial charge in [-0.2, -0.15) is 13.2 Å². The topological polar surface area (TPSA) is 77.5 Å². The average molecular weight is 497 g/mol. The molecule has 1 fully saturated rings. The summed E-state index contributed by atoms with van der Waals surface area (Å²) in [5.74, 6) is 0.852. The second-order valence-corrected chi connectivity index (χ2v) is 10.5. The quantitative estimate of drug-likeness (QED) is 0.471. The fraction of sp³-hybridized carbons (Fsp3) is 0.318. The van der Waals surface area contributed by atoms with Crippen molar-refractivity contribution in [2.24, 2.45) is 0 Å². The molecule has 1 saturated carbocycles. The Morgan fingerprint density at radius 2 is 1.91 bits per heavy atom. The lowest BCUT2D eigenvalue weighted by atomic mass is 10.0. The molecule has 2 aromatic carbocycles. The number of benzene rings is 2. The summed E-state index contributed by atoms with van der Waals surface area (Å²) in [4.78, 5) is 3.95. The Morgan fingerprint density at radius 3 is 2.61 bits per heavy atom. The van der Waals surface area contributed by atoms with Gasteiger partial charge in [0.05, 0.1) is 17.1 Å². The molecule has 174 valence electrons. The number of hydrogen-bond donors (Lipinski definition) is 1. The van der Waals surface area contributed by atoms with Crippen LogP contribution in [-0.4, -0.2) is 20.0 Å². The molecule has 1 N–H and O–H groups in total. The van der Waals surface area contributed by atoms with Gasteiger partial charge >= 0.3 is 6.18 Å². The SMILES string of the molecule is O=S(=O)(Nc1nccs1)c1ccc2c(c1)OCC[C@H]2Oc1ccc(C(F)(F)F)cc1C1CC1. The molecule has 11 heteroatoms. The molecule has 0 spiro atoms. The van der Waals surface area contributed by atoms with E-state index in [1.54, 1.807) is 11.4 Å². The highest BCUT2D eigenvalue weighted by Gasteiger charge is 2.35. The van der Waals surface area contributed by atoms with Gasteiger partial charge in [-0.1, -0.05) is 6.07 Å². The number of ether oxygens (including phenoxy) is 2. The lowest BCUT2D eigenvalue weighted by Gasteiger charge is -2.28. The monoisotopic (exact) mass is 496 g/mol. The zero-order valence-electron chi connectivity index (χ0n) is 17.1. The highest BCUT2D eigenvalue weighted by molar-refractivity contribution is 7.93. The van der Waals surface area contributed by atoms with Gasteiger partial charge in [0.1, 0.15) is 17.6 Å². The van der Waals surface area contributed by atoms with Gasteiger partial charge in [0.25, 0.3) is 10.0 Å². The molecule has 3 aromatic rings. The summed E-state index contributed by atoms with van der Waals surface area (Å²) in [6, 6.07) is 8.08. The van der Waals surface area contributed by atoms with E-state index in [0.717, 1.165) is 30.2 Å². The van der Waals surface area contributed by atoms with Crippen LogP contribution in [0.5, 0.6) is 11.5 Å². The molecule has 1 aliphatic heterocycles. The number of hydrogen-bond acceptors (Lipinski definition) is 6. The first-order valence-electron chi connectivity index (χ1n) is 10.3. The third-order valence-electron chi connectivity index (χ3n) is 5.56. The first-order chi connectivity index (χ1) is 15.7. The molecule has 33 heavy (non-hydrogen) atoms. The maximum atomic E-state index is 13.2. The predicted octanol–water partition coefficient (Wildman–Crippen LogP) is 5.74. The van der Waals surface area contributed by atoms with Crippen molar-refractivity contribution >= 4 is 26.5 Å². The first-order valence-corrected chi connectivity index (χ1v) is 12.6. The fourth-order valence-electron chi connectivity index (χ4n) is 3.77. The number of anilines is 1. The van der Waals surface area contributed by atoms with Crippen molar-refractivity contribution in [1.29, 1.82) is 0 Å². The normalized spacial score (nSPS) is 18.3. The third kappa shape index (κ3) is 4.65. The summed E-state index contributed by atoms with van der Waals surface area (Å²) >= 11 is 1.16. The van der Waals surface area contributed by atoms with E-state index < -0.39 is 27.9 Å². The van der Waals surface area contributed by atoms with E-state index in [1.807, 2.05) is 0 Å². The molecule has 0 radical (unpaired) electrons. The number of nitrogens with zero attached hydrogens (tertiary/aromatic N) is 1. The first kappa shape index (κ1) is 22.0. The van der Waals surface area contributed by atoms with E-state index in [1.165, 1.54) is 30.5 Å². The minimum Gasteiger partial charge on any atom is -0.493 e. The van der Waals surface area contributed by atoms with Gasteiger partial charge in [-0.25, -0.2) is 13.4 Å². The third-order valence-corrected chi connectivity index (χ3v) is 7.71. The number of thiazole rings is 1. The van der Waals surface area contributed by atoms with Gasteiger partial charge in [-0.05, 0) is 48.6 Å². The second kappa shape index (κ2) is 8.21. The van der Waals surface area contributed by atoms with Crippen LogP contribution in [0.1, 0.15) is 48.0 Å². The van der Waals surface area contributed by atoms with E-state index in [4.69, 9.17) is 9.47 Å². The molecular formula is C22H19F3N2O4S2. The van der Waals surface area contributed by atoms with Crippen molar-refractivity contribution < 1.29 is 31.1 Å². The molecule has 1 atom stereocenters. The molecule has 1 aromatic heterocycles. The molecule has 0 saturated heterocycles. The van der Waals surface area contributed by atoms with Crippen LogP contribution in [0.15, 0.2) is 52.9 Å². The van der Waals surface area contributed by atoms with E-state index in [9.17, 15) is 21.6 Å². The zero-order valence-corrected chi connectivity index (χ0v) is 18.8. The van der Waals surface area contributed by atoms with Crippen molar-refractivity contribution in [3.63, 3.8) is 0 Å². The smallest absolute Gasteiger partial charge is 0.416 e. The fourth-order valence-corrected chi connectivity index (χ4v) is 5.58. The van der Waals surface area contributed by atoms with Crippen molar-refractivity contribution in [2.75, 3.05) is 11.3 Å². The van der Waals surface area contributed by atoms with Crippen LogP contribution in [0, 0.1) is 0 Å². The minimum absolute atomic E-state index is 0.0188. The number of rotatable bonds is 6. The molecule has 0 amide bonds. The summed E-state index contributed by atoms with van der Waals surface area (Å²) in [6.07, 6.45) is -1.24. The Bertz CT molecular complexity index is 1270. The molecule has 2 aliphatic rings. The van der Waals surface area contributed by atoms with E-state index >= 15 is 0 Å². The maximum Gasteiger partial charge on any atom is 0.416 e. The van der Waals surface area contributed by atoms with Crippen molar-refractivity contribution in [3.05, 3.63) is 64.7 Å².